The lowest BCUT2D eigenvalue weighted by atomic mass is 10.2. The minimum Gasteiger partial charge on any atom is -0.376 e. The van der Waals surface area contributed by atoms with E-state index in [0.29, 0.717) is 6.04 Å². The highest BCUT2D eigenvalue weighted by Crippen LogP contribution is 2.32. The van der Waals surface area contributed by atoms with Crippen LogP contribution in [0, 0.1) is 0 Å². The highest BCUT2D eigenvalue weighted by molar-refractivity contribution is 9.11. The maximum absolute atomic E-state index is 3.57. The van der Waals surface area contributed by atoms with Crippen LogP contribution in [-0.2, 0) is 0 Å². The molecule has 0 bridgehead atoms. The summed E-state index contributed by atoms with van der Waals surface area (Å²) >= 11 is 5.28. The molecular weight excluding hydrogens is 308 g/mol. The number of anilines is 2. The first-order valence-corrected chi connectivity index (χ1v) is 7.47. The van der Waals surface area contributed by atoms with Gasteiger partial charge >= 0.3 is 0 Å². The normalized spacial score (nSPS) is 12.2. The zero-order chi connectivity index (χ0) is 13.1. The van der Waals surface area contributed by atoms with E-state index in [2.05, 4.69) is 83.6 Å². The van der Waals surface area contributed by atoms with E-state index in [-0.39, 0.29) is 0 Å². The molecule has 2 aromatic rings. The van der Waals surface area contributed by atoms with E-state index in [0.717, 1.165) is 0 Å². The van der Waals surface area contributed by atoms with Gasteiger partial charge in [-0.3, -0.25) is 0 Å². The van der Waals surface area contributed by atoms with E-state index >= 15 is 0 Å². The number of nitrogens with one attached hydrogen (secondary N) is 1. The summed E-state index contributed by atoms with van der Waals surface area (Å²) in [6.45, 7) is 2.19. The first-order chi connectivity index (χ1) is 8.58. The zero-order valence-corrected chi connectivity index (χ0v) is 13.2. The second-order valence-corrected chi connectivity index (χ2v) is 6.91. The van der Waals surface area contributed by atoms with Crippen molar-refractivity contribution in [2.24, 2.45) is 0 Å². The van der Waals surface area contributed by atoms with Gasteiger partial charge in [-0.15, -0.1) is 11.3 Å². The van der Waals surface area contributed by atoms with E-state index in [1.165, 1.54) is 20.0 Å². The molecule has 2 rings (SSSR count). The topological polar surface area (TPSA) is 15.3 Å². The van der Waals surface area contributed by atoms with Gasteiger partial charge in [0.2, 0.25) is 0 Å². The average Bonchev–Trinajstić information content (AvgIpc) is 2.76. The number of benzene rings is 1. The fourth-order valence-electron chi connectivity index (χ4n) is 1.85. The van der Waals surface area contributed by atoms with Crippen molar-refractivity contribution < 1.29 is 0 Å². The first kappa shape index (κ1) is 13.4. The standard InChI is InChI=1S/C14H17BrN2S/c1-10(13-8-9-14(15)18-13)16-11-6-4-5-7-12(11)17(2)3/h4-10,16H,1-3H3. The van der Waals surface area contributed by atoms with Crippen LogP contribution in [0.25, 0.3) is 0 Å². The van der Waals surface area contributed by atoms with Crippen LogP contribution < -0.4 is 10.2 Å². The Labute approximate surface area is 121 Å². The quantitative estimate of drug-likeness (QED) is 0.873. The van der Waals surface area contributed by atoms with Gasteiger partial charge in [0.25, 0.3) is 0 Å². The predicted octanol–water partition coefficient (Wildman–Crippen LogP) is 4.75. The van der Waals surface area contributed by atoms with Crippen LogP contribution in [0.15, 0.2) is 40.2 Å². The number of hydrogen-bond acceptors (Lipinski definition) is 3. The second-order valence-electron chi connectivity index (χ2n) is 4.42. The fourth-order valence-corrected chi connectivity index (χ4v) is 3.28. The molecule has 18 heavy (non-hydrogen) atoms. The lowest BCUT2D eigenvalue weighted by Gasteiger charge is -2.21. The van der Waals surface area contributed by atoms with Crippen molar-refractivity contribution >= 4 is 38.6 Å². The molecule has 0 spiro atoms. The van der Waals surface area contributed by atoms with E-state index in [9.17, 15) is 0 Å². The number of nitrogens with zero attached hydrogens (tertiary/aromatic N) is 1. The SMILES string of the molecule is CC(Nc1ccccc1N(C)C)c1ccc(Br)s1. The van der Waals surface area contributed by atoms with Crippen molar-refractivity contribution in [2.45, 2.75) is 13.0 Å². The number of hydrogen-bond donors (Lipinski definition) is 1. The Balaban J connectivity index is 2.19. The van der Waals surface area contributed by atoms with E-state index in [1.807, 2.05) is 0 Å². The third kappa shape index (κ3) is 3.06. The molecular formula is C14H17BrN2S. The Bertz CT molecular complexity index is 522. The molecule has 2 nitrogen and oxygen atoms in total. The van der Waals surface area contributed by atoms with Gasteiger partial charge < -0.3 is 10.2 Å². The van der Waals surface area contributed by atoms with Crippen molar-refractivity contribution in [1.82, 2.24) is 0 Å². The molecule has 0 amide bonds. The Morgan fingerprint density at radius 1 is 1.17 bits per heavy atom. The summed E-state index contributed by atoms with van der Waals surface area (Å²) in [7, 11) is 4.12. The van der Waals surface area contributed by atoms with Gasteiger partial charge in [-0.05, 0) is 47.1 Å². The van der Waals surface area contributed by atoms with E-state index < -0.39 is 0 Å². The number of rotatable bonds is 4. The first-order valence-electron chi connectivity index (χ1n) is 5.86. The van der Waals surface area contributed by atoms with Crippen molar-refractivity contribution in [3.63, 3.8) is 0 Å². The highest BCUT2D eigenvalue weighted by Gasteiger charge is 2.10. The molecule has 0 saturated carbocycles. The third-order valence-electron chi connectivity index (χ3n) is 2.78. The summed E-state index contributed by atoms with van der Waals surface area (Å²) in [6.07, 6.45) is 0. The molecule has 0 aliphatic carbocycles. The molecule has 0 radical (unpaired) electrons. The van der Waals surface area contributed by atoms with Gasteiger partial charge in [0.15, 0.2) is 0 Å². The summed E-state index contributed by atoms with van der Waals surface area (Å²) in [4.78, 5) is 3.45. The van der Waals surface area contributed by atoms with Crippen LogP contribution in [0.4, 0.5) is 11.4 Å². The average molecular weight is 325 g/mol. The van der Waals surface area contributed by atoms with E-state index in [1.54, 1.807) is 11.3 Å². The molecule has 1 atom stereocenters. The predicted molar refractivity (Wildman–Crippen MR) is 84.8 cm³/mol. The Kier molecular flexibility index (Phi) is 4.30. The van der Waals surface area contributed by atoms with E-state index in [4.69, 9.17) is 0 Å². The highest BCUT2D eigenvalue weighted by atomic mass is 79.9. The molecule has 1 aromatic heterocycles. The largest absolute Gasteiger partial charge is 0.376 e. The van der Waals surface area contributed by atoms with Gasteiger partial charge in [-0.25, -0.2) is 0 Å². The van der Waals surface area contributed by atoms with Crippen molar-refractivity contribution in [3.05, 3.63) is 45.1 Å². The smallest absolute Gasteiger partial charge is 0.0702 e. The van der Waals surface area contributed by atoms with Crippen molar-refractivity contribution in [3.8, 4) is 0 Å². The van der Waals surface area contributed by atoms with Gasteiger partial charge in [-0.2, -0.15) is 0 Å². The molecule has 0 fully saturated rings. The zero-order valence-electron chi connectivity index (χ0n) is 10.8. The van der Waals surface area contributed by atoms with Crippen LogP contribution in [0.2, 0.25) is 0 Å². The van der Waals surface area contributed by atoms with Gasteiger partial charge in [-0.1, -0.05) is 12.1 Å². The fraction of sp³-hybridized carbons (Fsp3) is 0.286. The lowest BCUT2D eigenvalue weighted by Crippen LogP contribution is -2.13. The third-order valence-corrected chi connectivity index (χ3v) is 4.58. The van der Waals surface area contributed by atoms with Gasteiger partial charge in [0, 0.05) is 19.0 Å². The van der Waals surface area contributed by atoms with Gasteiger partial charge in [0.1, 0.15) is 0 Å². The molecule has 0 aliphatic heterocycles. The molecule has 1 N–H and O–H groups in total. The van der Waals surface area contributed by atoms with Crippen LogP contribution in [0.1, 0.15) is 17.8 Å². The number of thiophene rings is 1. The summed E-state index contributed by atoms with van der Waals surface area (Å²) in [5, 5.41) is 3.57. The molecule has 1 unspecified atom stereocenters. The van der Waals surface area contributed by atoms with Crippen LogP contribution in [0.5, 0.6) is 0 Å². The van der Waals surface area contributed by atoms with Crippen LogP contribution >= 0.6 is 27.3 Å². The maximum atomic E-state index is 3.57. The molecule has 96 valence electrons. The number of halogens is 1. The summed E-state index contributed by atoms with van der Waals surface area (Å²) in [6, 6.07) is 12.9. The monoisotopic (exact) mass is 324 g/mol. The Morgan fingerprint density at radius 2 is 1.89 bits per heavy atom. The Morgan fingerprint density at radius 3 is 2.50 bits per heavy atom. The van der Waals surface area contributed by atoms with Crippen molar-refractivity contribution in [2.75, 3.05) is 24.3 Å². The Hall–Kier alpha value is -1.000. The lowest BCUT2D eigenvalue weighted by molar-refractivity contribution is 0.905. The van der Waals surface area contributed by atoms with Crippen LogP contribution in [0.3, 0.4) is 0 Å². The van der Waals surface area contributed by atoms with Crippen LogP contribution in [-0.4, -0.2) is 14.1 Å². The second kappa shape index (κ2) is 5.76. The summed E-state index contributed by atoms with van der Waals surface area (Å²) in [5.41, 5.74) is 2.37. The minimum absolute atomic E-state index is 0.308. The van der Waals surface area contributed by atoms with Gasteiger partial charge in [0.05, 0.1) is 21.2 Å². The molecule has 1 aromatic carbocycles. The molecule has 0 aliphatic rings. The molecule has 1 heterocycles. The molecule has 0 saturated heterocycles. The molecule has 4 heteroatoms. The minimum atomic E-state index is 0.308. The number of para-hydroxylation sites is 2. The van der Waals surface area contributed by atoms with Crippen molar-refractivity contribution in [1.29, 1.82) is 0 Å². The maximum Gasteiger partial charge on any atom is 0.0702 e. The summed E-state index contributed by atoms with van der Waals surface area (Å²) in [5.74, 6) is 0. The summed E-state index contributed by atoms with van der Waals surface area (Å²) < 4.78 is 1.17.